The summed E-state index contributed by atoms with van der Waals surface area (Å²) in [4.78, 5) is 35.8. The molecule has 6 nitrogen and oxygen atoms in total. The van der Waals surface area contributed by atoms with Crippen LogP contribution in [0.3, 0.4) is 0 Å². The van der Waals surface area contributed by atoms with E-state index < -0.39 is 11.7 Å². The number of esters is 1. The lowest BCUT2D eigenvalue weighted by Gasteiger charge is -2.04. The van der Waals surface area contributed by atoms with E-state index in [0.29, 0.717) is 21.7 Å². The van der Waals surface area contributed by atoms with Gasteiger partial charge in [-0.15, -0.1) is 0 Å². The predicted molar refractivity (Wildman–Crippen MR) is 87.4 cm³/mol. The quantitative estimate of drug-likeness (QED) is 0.536. The van der Waals surface area contributed by atoms with E-state index in [-0.39, 0.29) is 17.9 Å². The van der Waals surface area contributed by atoms with E-state index in [2.05, 4.69) is 4.74 Å². The third-order valence-electron chi connectivity index (χ3n) is 3.56. The topological polar surface area (TPSA) is 78.5 Å². The predicted octanol–water partition coefficient (Wildman–Crippen LogP) is 2.65. The molecule has 0 aliphatic carbocycles. The van der Waals surface area contributed by atoms with Gasteiger partial charge in [0.1, 0.15) is 6.54 Å². The Labute approximate surface area is 141 Å². The van der Waals surface area contributed by atoms with Gasteiger partial charge in [-0.2, -0.15) is 0 Å². The monoisotopic (exact) mass is 345 g/mol. The number of hydrogen-bond acceptors (Lipinski definition) is 5. The summed E-state index contributed by atoms with van der Waals surface area (Å²) >= 11 is 6.04. The fraction of sp³-hybridized carbons (Fsp3) is 0.118. The number of fused-ring (bicyclic) bond motifs is 1. The van der Waals surface area contributed by atoms with Crippen molar-refractivity contribution < 1.29 is 18.7 Å². The van der Waals surface area contributed by atoms with Crippen LogP contribution in [0.5, 0.6) is 0 Å². The van der Waals surface area contributed by atoms with Gasteiger partial charge < -0.3 is 9.15 Å². The van der Waals surface area contributed by atoms with Gasteiger partial charge in [-0.1, -0.05) is 23.7 Å². The molecule has 7 heteroatoms. The van der Waals surface area contributed by atoms with Crippen molar-refractivity contribution in [3.8, 4) is 0 Å². The Morgan fingerprint density at radius 3 is 2.67 bits per heavy atom. The van der Waals surface area contributed by atoms with Gasteiger partial charge in [-0.25, -0.2) is 4.79 Å². The fourth-order valence-corrected chi connectivity index (χ4v) is 2.57. The van der Waals surface area contributed by atoms with Crippen molar-refractivity contribution >= 4 is 34.5 Å². The van der Waals surface area contributed by atoms with Gasteiger partial charge >= 0.3 is 11.7 Å². The molecule has 0 unspecified atom stereocenters. The summed E-state index contributed by atoms with van der Waals surface area (Å²) in [6, 6.07) is 11.2. The molecule has 0 spiro atoms. The van der Waals surface area contributed by atoms with Crippen molar-refractivity contribution in [2.24, 2.45) is 0 Å². The Hall–Kier alpha value is -2.86. The summed E-state index contributed by atoms with van der Waals surface area (Å²) < 4.78 is 10.8. The highest BCUT2D eigenvalue weighted by Gasteiger charge is 2.17. The largest absolute Gasteiger partial charge is 0.468 e. The normalized spacial score (nSPS) is 10.8. The number of carbonyl (C=O) groups is 2. The first kappa shape index (κ1) is 16.0. The number of oxazole rings is 1. The lowest BCUT2D eigenvalue weighted by Crippen LogP contribution is -2.20. The number of benzene rings is 2. The smallest absolute Gasteiger partial charge is 0.420 e. The van der Waals surface area contributed by atoms with E-state index in [0.717, 1.165) is 4.57 Å². The summed E-state index contributed by atoms with van der Waals surface area (Å²) in [5.74, 6) is -1.56. The molecule has 0 aliphatic heterocycles. The third-order valence-corrected chi connectivity index (χ3v) is 3.89. The zero-order chi connectivity index (χ0) is 17.3. The highest BCUT2D eigenvalue weighted by atomic mass is 35.5. The van der Waals surface area contributed by atoms with Gasteiger partial charge in [0.25, 0.3) is 0 Å². The van der Waals surface area contributed by atoms with Crippen LogP contribution in [-0.4, -0.2) is 23.4 Å². The number of rotatable bonds is 4. The molecule has 0 bridgehead atoms. The number of methoxy groups -OCH3 is 1. The second kappa shape index (κ2) is 6.33. The van der Waals surface area contributed by atoms with Crippen LogP contribution >= 0.6 is 11.6 Å². The molecule has 3 rings (SSSR count). The molecule has 2 aromatic carbocycles. The first-order chi connectivity index (χ1) is 11.5. The van der Waals surface area contributed by atoms with Crippen LogP contribution in [0, 0.1) is 0 Å². The van der Waals surface area contributed by atoms with Crippen LogP contribution in [0.4, 0.5) is 0 Å². The van der Waals surface area contributed by atoms with Crippen LogP contribution in [0.15, 0.2) is 51.7 Å². The molecule has 0 atom stereocenters. The average Bonchev–Trinajstić information content (AvgIpc) is 2.89. The Morgan fingerprint density at radius 2 is 1.96 bits per heavy atom. The van der Waals surface area contributed by atoms with Crippen molar-refractivity contribution in [1.29, 1.82) is 0 Å². The molecule has 0 N–H and O–H groups in total. The van der Waals surface area contributed by atoms with Crippen LogP contribution in [0.25, 0.3) is 11.1 Å². The number of aromatic nitrogens is 1. The van der Waals surface area contributed by atoms with Gasteiger partial charge in [0, 0.05) is 11.1 Å². The van der Waals surface area contributed by atoms with Crippen molar-refractivity contribution in [3.63, 3.8) is 0 Å². The molecule has 0 fully saturated rings. The van der Waals surface area contributed by atoms with E-state index >= 15 is 0 Å². The maximum Gasteiger partial charge on any atom is 0.420 e. The van der Waals surface area contributed by atoms with Crippen LogP contribution in [0.2, 0.25) is 5.02 Å². The number of hydrogen-bond donors (Lipinski definition) is 0. The summed E-state index contributed by atoms with van der Waals surface area (Å²) in [5.41, 5.74) is 1.30. The SMILES string of the molecule is COC(=O)Cn1c(=O)oc2cc(C(=O)c3ccccc3Cl)ccc21. The fourth-order valence-electron chi connectivity index (χ4n) is 2.35. The highest BCUT2D eigenvalue weighted by molar-refractivity contribution is 6.35. The second-order valence-corrected chi connectivity index (χ2v) is 5.43. The molecular formula is C17H12ClNO5. The molecule has 122 valence electrons. The Bertz CT molecular complexity index is 1000. The zero-order valence-electron chi connectivity index (χ0n) is 12.6. The summed E-state index contributed by atoms with van der Waals surface area (Å²) in [5, 5.41) is 0.340. The Morgan fingerprint density at radius 1 is 1.21 bits per heavy atom. The van der Waals surface area contributed by atoms with Gasteiger partial charge in [0.05, 0.1) is 17.6 Å². The van der Waals surface area contributed by atoms with E-state index in [1.807, 2.05) is 0 Å². The number of nitrogens with zero attached hydrogens (tertiary/aromatic N) is 1. The zero-order valence-corrected chi connectivity index (χ0v) is 13.4. The maximum atomic E-state index is 12.5. The lowest BCUT2D eigenvalue weighted by molar-refractivity contribution is -0.141. The van der Waals surface area contributed by atoms with Gasteiger partial charge in [0.2, 0.25) is 0 Å². The molecule has 24 heavy (non-hydrogen) atoms. The summed E-state index contributed by atoms with van der Waals surface area (Å²) in [6.07, 6.45) is 0. The number of ether oxygens (including phenoxy) is 1. The number of ketones is 1. The van der Waals surface area contributed by atoms with Gasteiger partial charge in [-0.3, -0.25) is 14.2 Å². The number of carbonyl (C=O) groups excluding carboxylic acids is 2. The molecule has 0 saturated heterocycles. The van der Waals surface area contributed by atoms with Gasteiger partial charge in [-0.05, 0) is 30.3 Å². The van der Waals surface area contributed by atoms with E-state index in [1.165, 1.54) is 13.2 Å². The third kappa shape index (κ3) is 2.83. The van der Waals surface area contributed by atoms with E-state index in [1.54, 1.807) is 36.4 Å². The van der Waals surface area contributed by atoms with Crippen LogP contribution in [-0.2, 0) is 16.1 Å². The molecule has 1 aromatic heterocycles. The maximum absolute atomic E-state index is 12.5. The molecule has 0 radical (unpaired) electrons. The molecule has 0 aliphatic rings. The molecular weight excluding hydrogens is 334 g/mol. The lowest BCUT2D eigenvalue weighted by atomic mass is 10.0. The Kier molecular flexibility index (Phi) is 4.22. The standard InChI is InChI=1S/C17H12ClNO5/c1-23-15(20)9-19-13-7-6-10(8-14(13)24-17(19)22)16(21)11-4-2-3-5-12(11)18/h2-8H,9H2,1H3. The molecule has 0 amide bonds. The van der Waals surface area contributed by atoms with Crippen molar-refractivity contribution in [1.82, 2.24) is 4.57 Å². The molecule has 3 aromatic rings. The summed E-state index contributed by atoms with van der Waals surface area (Å²) in [6.45, 7) is -0.264. The highest BCUT2D eigenvalue weighted by Crippen LogP contribution is 2.22. The van der Waals surface area contributed by atoms with E-state index in [4.69, 9.17) is 16.0 Å². The second-order valence-electron chi connectivity index (χ2n) is 5.02. The van der Waals surface area contributed by atoms with Gasteiger partial charge in [0.15, 0.2) is 11.4 Å². The van der Waals surface area contributed by atoms with Crippen molar-refractivity contribution in [2.75, 3.05) is 7.11 Å². The van der Waals surface area contributed by atoms with E-state index in [9.17, 15) is 14.4 Å². The van der Waals surface area contributed by atoms with Crippen LogP contribution < -0.4 is 5.76 Å². The molecule has 1 heterocycles. The van der Waals surface area contributed by atoms with Crippen LogP contribution in [0.1, 0.15) is 15.9 Å². The first-order valence-corrected chi connectivity index (χ1v) is 7.38. The molecule has 0 saturated carbocycles. The first-order valence-electron chi connectivity index (χ1n) is 7.00. The Balaban J connectivity index is 2.04. The average molecular weight is 346 g/mol. The minimum absolute atomic E-state index is 0.210. The van der Waals surface area contributed by atoms with Crippen molar-refractivity contribution in [2.45, 2.75) is 6.54 Å². The summed E-state index contributed by atoms with van der Waals surface area (Å²) in [7, 11) is 1.23. The minimum atomic E-state index is -0.697. The minimum Gasteiger partial charge on any atom is -0.468 e. The van der Waals surface area contributed by atoms with Crippen molar-refractivity contribution in [3.05, 3.63) is 69.2 Å². The number of halogens is 1.